The predicted molar refractivity (Wildman–Crippen MR) is 111 cm³/mol. The van der Waals surface area contributed by atoms with Gasteiger partial charge in [0, 0.05) is 30.5 Å². The van der Waals surface area contributed by atoms with Crippen molar-refractivity contribution in [3.8, 4) is 11.5 Å². The quantitative estimate of drug-likeness (QED) is 0.403. The Bertz CT molecular complexity index is 976. The first-order valence-electron chi connectivity index (χ1n) is 10.1. The molecule has 3 rings (SSSR count). The van der Waals surface area contributed by atoms with Crippen LogP contribution in [0.5, 0.6) is 11.5 Å². The Morgan fingerprint density at radius 3 is 2.03 bits per heavy atom. The van der Waals surface area contributed by atoms with Crippen LogP contribution in [0, 0.1) is 0 Å². The summed E-state index contributed by atoms with van der Waals surface area (Å²) in [6.07, 6.45) is -9.96. The van der Waals surface area contributed by atoms with Crippen molar-refractivity contribution in [1.29, 1.82) is 0 Å². The molecule has 0 saturated heterocycles. The van der Waals surface area contributed by atoms with Crippen molar-refractivity contribution in [3.63, 3.8) is 0 Å². The molecule has 0 radical (unpaired) electrons. The first-order chi connectivity index (χ1) is 15.0. The Kier molecular flexibility index (Phi) is 8.01. The lowest BCUT2D eigenvalue weighted by Gasteiger charge is -2.31. The first kappa shape index (κ1) is 25.3. The Morgan fingerprint density at radius 1 is 0.844 bits per heavy atom. The third-order valence-corrected chi connectivity index (χ3v) is 4.46. The van der Waals surface area contributed by atoms with E-state index in [9.17, 15) is 27.2 Å². The molecule has 0 aliphatic carbocycles. The molecular weight excluding hydrogens is 430 g/mol. The van der Waals surface area contributed by atoms with Crippen LogP contribution in [0.1, 0.15) is 53.0 Å². The number of ether oxygens (including phenoxy) is 2. The van der Waals surface area contributed by atoms with E-state index in [1.807, 2.05) is 45.0 Å². The highest BCUT2D eigenvalue weighted by molar-refractivity contribution is 6.03. The third kappa shape index (κ3) is 5.64. The van der Waals surface area contributed by atoms with E-state index in [1.54, 1.807) is 12.1 Å². The van der Waals surface area contributed by atoms with E-state index in [0.29, 0.717) is 12.1 Å². The summed E-state index contributed by atoms with van der Waals surface area (Å²) in [7, 11) is 3.73. The number of nitrogens with zero attached hydrogens (tertiary/aromatic N) is 1. The summed E-state index contributed by atoms with van der Waals surface area (Å²) < 4.78 is 61.1. The second-order valence-electron chi connectivity index (χ2n) is 7.14. The average molecular weight is 455 g/mol. The van der Waals surface area contributed by atoms with Crippen molar-refractivity contribution < 1.29 is 36.6 Å². The fourth-order valence-corrected chi connectivity index (χ4v) is 3.02. The molecule has 5 nitrogen and oxygen atoms in total. The molecule has 1 heterocycles. The van der Waals surface area contributed by atoms with E-state index in [0.717, 1.165) is 23.8 Å². The molecule has 0 saturated carbocycles. The SMILES string of the molecule is CC.CN(C)Cc1ccccc1C(=O)CCC(=O)c1ccc2c(c1)OC(F)(F)C(F)(F)O2. The topological polar surface area (TPSA) is 55.8 Å². The van der Waals surface area contributed by atoms with Gasteiger partial charge in [-0.25, -0.2) is 0 Å². The van der Waals surface area contributed by atoms with Crippen molar-refractivity contribution in [2.75, 3.05) is 14.1 Å². The maximum absolute atomic E-state index is 13.3. The molecule has 0 N–H and O–H groups in total. The Hall–Kier alpha value is -2.94. The van der Waals surface area contributed by atoms with Gasteiger partial charge < -0.3 is 14.4 Å². The van der Waals surface area contributed by atoms with Gasteiger partial charge in [0.15, 0.2) is 23.1 Å². The fraction of sp³-hybridized carbons (Fsp3) is 0.391. The van der Waals surface area contributed by atoms with Gasteiger partial charge in [-0.1, -0.05) is 38.1 Å². The van der Waals surface area contributed by atoms with E-state index < -0.39 is 29.5 Å². The van der Waals surface area contributed by atoms with Gasteiger partial charge >= 0.3 is 12.2 Å². The van der Waals surface area contributed by atoms with Crippen molar-refractivity contribution >= 4 is 11.6 Å². The number of hydrogen-bond acceptors (Lipinski definition) is 5. The monoisotopic (exact) mass is 455 g/mol. The molecule has 0 spiro atoms. The molecule has 2 aromatic rings. The van der Waals surface area contributed by atoms with E-state index >= 15 is 0 Å². The summed E-state index contributed by atoms with van der Waals surface area (Å²) in [6, 6.07) is 10.1. The lowest BCUT2D eigenvalue weighted by molar-refractivity contribution is -0.391. The van der Waals surface area contributed by atoms with Crippen LogP contribution >= 0.6 is 0 Å². The molecule has 0 amide bonds. The second kappa shape index (κ2) is 10.1. The van der Waals surface area contributed by atoms with Crippen LogP contribution in [0.4, 0.5) is 17.6 Å². The standard InChI is InChI=1S/C21H19F4NO4.C2H6/c1-26(2)12-14-5-3-4-6-15(14)17(28)9-8-16(27)13-7-10-18-19(11-13)30-21(24,25)20(22,23)29-18;1-2/h3-7,10-11H,8-9,12H2,1-2H3;1-2H3. The summed E-state index contributed by atoms with van der Waals surface area (Å²) >= 11 is 0. The number of Topliss-reactive ketones (excluding diaryl/α,β-unsaturated/α-hetero) is 2. The number of carbonyl (C=O) groups is 2. The van der Waals surface area contributed by atoms with Crippen LogP contribution in [-0.2, 0) is 6.54 Å². The number of carbonyl (C=O) groups excluding carboxylic acids is 2. The number of alkyl halides is 4. The molecule has 0 aromatic heterocycles. The summed E-state index contributed by atoms with van der Waals surface area (Å²) in [6.45, 7) is 4.55. The molecule has 9 heteroatoms. The molecule has 1 aliphatic rings. The molecule has 0 fully saturated rings. The fourth-order valence-electron chi connectivity index (χ4n) is 3.02. The first-order valence-corrected chi connectivity index (χ1v) is 10.1. The van der Waals surface area contributed by atoms with E-state index in [-0.39, 0.29) is 24.2 Å². The minimum Gasteiger partial charge on any atom is -0.421 e. The molecule has 0 bridgehead atoms. The lowest BCUT2D eigenvalue weighted by atomic mass is 9.97. The van der Waals surface area contributed by atoms with Gasteiger partial charge in [0.05, 0.1) is 0 Å². The van der Waals surface area contributed by atoms with Crippen molar-refractivity contribution in [2.45, 2.75) is 45.5 Å². The van der Waals surface area contributed by atoms with E-state index in [1.165, 1.54) is 0 Å². The average Bonchev–Trinajstić information content (AvgIpc) is 2.73. The van der Waals surface area contributed by atoms with Crippen LogP contribution in [0.2, 0.25) is 0 Å². The van der Waals surface area contributed by atoms with Crippen molar-refractivity contribution in [1.82, 2.24) is 4.90 Å². The molecule has 1 aliphatic heterocycles. The van der Waals surface area contributed by atoms with Gasteiger partial charge in [-0.3, -0.25) is 9.59 Å². The van der Waals surface area contributed by atoms with Crippen LogP contribution in [0.3, 0.4) is 0 Å². The number of rotatable bonds is 7. The van der Waals surface area contributed by atoms with E-state index in [4.69, 9.17) is 0 Å². The van der Waals surface area contributed by atoms with Gasteiger partial charge in [-0.05, 0) is 37.9 Å². The summed E-state index contributed by atoms with van der Waals surface area (Å²) in [4.78, 5) is 26.9. The maximum Gasteiger partial charge on any atom is 0.507 e. The summed E-state index contributed by atoms with van der Waals surface area (Å²) in [5, 5.41) is 0. The van der Waals surface area contributed by atoms with Crippen molar-refractivity contribution in [3.05, 3.63) is 59.2 Å². The zero-order chi connectivity index (χ0) is 24.1. The third-order valence-electron chi connectivity index (χ3n) is 4.46. The van der Waals surface area contributed by atoms with Crippen LogP contribution in [0.25, 0.3) is 0 Å². The predicted octanol–water partition coefficient (Wildman–Crippen LogP) is 5.58. The lowest BCUT2D eigenvalue weighted by Crippen LogP contribution is -2.52. The molecular formula is C23H25F4NO4. The van der Waals surface area contributed by atoms with Crippen LogP contribution < -0.4 is 9.47 Å². The maximum atomic E-state index is 13.3. The number of ketones is 2. The molecule has 32 heavy (non-hydrogen) atoms. The van der Waals surface area contributed by atoms with Crippen molar-refractivity contribution in [2.24, 2.45) is 0 Å². The number of halogens is 4. The zero-order valence-electron chi connectivity index (χ0n) is 18.3. The van der Waals surface area contributed by atoms with E-state index in [2.05, 4.69) is 9.47 Å². The number of fused-ring (bicyclic) bond motifs is 1. The largest absolute Gasteiger partial charge is 0.507 e. The number of benzene rings is 2. The smallest absolute Gasteiger partial charge is 0.421 e. The highest BCUT2D eigenvalue weighted by atomic mass is 19.3. The highest BCUT2D eigenvalue weighted by Gasteiger charge is 2.65. The minimum absolute atomic E-state index is 0.0484. The van der Waals surface area contributed by atoms with Gasteiger partial charge in [0.1, 0.15) is 0 Å². The van der Waals surface area contributed by atoms with Crippen LogP contribution in [0.15, 0.2) is 42.5 Å². The number of hydrogen-bond donors (Lipinski definition) is 0. The summed E-state index contributed by atoms with van der Waals surface area (Å²) in [5.41, 5.74) is 1.28. The van der Waals surface area contributed by atoms with Gasteiger partial charge in [0.2, 0.25) is 0 Å². The normalized spacial score (nSPS) is 15.5. The Labute approximate surface area is 183 Å². The van der Waals surface area contributed by atoms with Gasteiger partial charge in [0.25, 0.3) is 0 Å². The molecule has 2 aromatic carbocycles. The van der Waals surface area contributed by atoms with Crippen LogP contribution in [-0.4, -0.2) is 42.8 Å². The zero-order valence-corrected chi connectivity index (χ0v) is 18.3. The summed E-state index contributed by atoms with van der Waals surface area (Å²) in [5.74, 6) is -2.01. The molecule has 174 valence electrons. The minimum atomic E-state index is -4.87. The highest BCUT2D eigenvalue weighted by Crippen LogP contribution is 2.47. The Balaban J connectivity index is 0.00000176. The second-order valence-corrected chi connectivity index (χ2v) is 7.14. The Morgan fingerprint density at radius 2 is 1.41 bits per heavy atom. The van der Waals surface area contributed by atoms with Gasteiger partial charge in [-0.15, -0.1) is 0 Å². The molecule has 0 unspecified atom stereocenters. The van der Waals surface area contributed by atoms with Gasteiger partial charge in [-0.2, -0.15) is 17.6 Å². The molecule has 0 atom stereocenters.